The highest BCUT2D eigenvalue weighted by atomic mass is 19.4. The van der Waals surface area contributed by atoms with Crippen LogP contribution >= 0.6 is 0 Å². The lowest BCUT2D eigenvalue weighted by molar-refractivity contribution is -0.153. The van der Waals surface area contributed by atoms with Crippen LogP contribution in [0.4, 0.5) is 23.4 Å². The van der Waals surface area contributed by atoms with Crippen LogP contribution in [0.3, 0.4) is 0 Å². The van der Waals surface area contributed by atoms with Gasteiger partial charge in [-0.05, 0) is 73.8 Å². The first-order chi connectivity index (χ1) is 25.9. The number of carbonyl (C=O) groups is 1. The fourth-order valence-electron chi connectivity index (χ4n) is 9.41. The van der Waals surface area contributed by atoms with Crippen LogP contribution in [-0.2, 0) is 4.79 Å². The second-order valence-electron chi connectivity index (χ2n) is 16.0. The molecule has 2 aromatic carbocycles. The van der Waals surface area contributed by atoms with Crippen molar-refractivity contribution in [2.75, 3.05) is 63.9 Å². The van der Waals surface area contributed by atoms with Gasteiger partial charge >= 0.3 is 12.2 Å². The first kappa shape index (κ1) is 35.2. The summed E-state index contributed by atoms with van der Waals surface area (Å²) in [4.78, 5) is 28.0. The summed E-state index contributed by atoms with van der Waals surface area (Å²) in [6, 6.07) is 5.98. The van der Waals surface area contributed by atoms with Gasteiger partial charge in [0, 0.05) is 79.4 Å². The zero-order chi connectivity index (χ0) is 37.5. The van der Waals surface area contributed by atoms with Gasteiger partial charge in [-0.1, -0.05) is 12.6 Å². The van der Waals surface area contributed by atoms with E-state index in [0.717, 1.165) is 72.8 Å². The van der Waals surface area contributed by atoms with Crippen LogP contribution in [0.15, 0.2) is 36.8 Å². The maximum Gasteiger partial charge on any atom is 0.422 e. The summed E-state index contributed by atoms with van der Waals surface area (Å²) in [5.41, 5.74) is 3.96. The number of β-amino-alcohol motifs (C(OH)–C–C–N with tert-alkyl or cyclic N) is 1. The van der Waals surface area contributed by atoms with E-state index in [4.69, 9.17) is 19.4 Å². The number of hydrogen-bond acceptors (Lipinski definition) is 9. The SMILES string of the molecule is C=C(F)C(=O)N1CC2(CCN(c3nc(OC4C5CC4CN(CCO)C5)nc4c(OCC(F)(F)F)c(-c5c(C)ccc6[nH]ncc56)c(C5CC5)cc34)CC2)C1. The molecule has 11 nitrogen and oxygen atoms in total. The van der Waals surface area contributed by atoms with Crippen molar-refractivity contribution in [2.24, 2.45) is 17.3 Å². The quantitative estimate of drug-likeness (QED) is 0.151. The lowest BCUT2D eigenvalue weighted by atomic mass is 9.68. The van der Waals surface area contributed by atoms with Gasteiger partial charge in [0.2, 0.25) is 0 Å². The van der Waals surface area contributed by atoms with Crippen LogP contribution in [0.5, 0.6) is 11.8 Å². The Bertz CT molecular complexity index is 2120. The lowest BCUT2D eigenvalue weighted by Crippen LogP contribution is -2.62. The molecule has 1 spiro atoms. The van der Waals surface area contributed by atoms with Crippen LogP contribution < -0.4 is 14.4 Å². The van der Waals surface area contributed by atoms with Gasteiger partial charge in [0.25, 0.3) is 5.91 Å². The zero-order valence-electron chi connectivity index (χ0n) is 30.1. The number of aliphatic hydroxyl groups is 1. The highest BCUT2D eigenvalue weighted by Gasteiger charge is 2.50. The molecular weight excluding hydrogens is 706 g/mol. The minimum absolute atomic E-state index is 0.0491. The molecule has 54 heavy (non-hydrogen) atoms. The van der Waals surface area contributed by atoms with Gasteiger partial charge in [0.05, 0.1) is 18.3 Å². The number of alkyl halides is 3. The van der Waals surface area contributed by atoms with Gasteiger partial charge < -0.3 is 29.3 Å². The second kappa shape index (κ2) is 13.1. The average Bonchev–Trinajstić information content (AvgIpc) is 3.87. The number of H-pyrrole nitrogens is 1. The summed E-state index contributed by atoms with van der Waals surface area (Å²) in [5, 5.41) is 18.2. The number of aromatic amines is 1. The summed E-state index contributed by atoms with van der Waals surface area (Å²) in [5.74, 6) is -0.472. The summed E-state index contributed by atoms with van der Waals surface area (Å²) in [6.07, 6.45) is 1.13. The molecule has 2 aliphatic carbocycles. The standard InChI is InChI=1S/C39H43F4N7O4/c1-21-3-6-29-28(15-44-47-29)30(21)31-26(23-4-5-23)14-27-32(34(31)53-20-39(41,42)43)45-37(54-33-24-13-25(33)17-48(16-24)11-12-51)46-35(27)49-9-7-38(8-10-49)18-50(19-38)36(52)22(2)40/h3,6,14-15,23-25,33,51H,2,4-5,7-13,16-20H2,1H3,(H,44,47). The van der Waals surface area contributed by atoms with Crippen molar-refractivity contribution in [1.29, 1.82) is 0 Å². The van der Waals surface area contributed by atoms with E-state index in [2.05, 4.69) is 26.6 Å². The molecule has 2 saturated carbocycles. The predicted molar refractivity (Wildman–Crippen MR) is 193 cm³/mol. The molecule has 2 aromatic heterocycles. The maximum absolute atomic E-state index is 14.1. The normalized spacial score (nSPS) is 23.8. The number of benzene rings is 2. The Morgan fingerprint density at radius 2 is 1.83 bits per heavy atom. The van der Waals surface area contributed by atoms with Crippen molar-refractivity contribution in [2.45, 2.75) is 57.2 Å². The molecule has 3 saturated heterocycles. The maximum atomic E-state index is 14.1. The Hall–Kier alpha value is -4.50. The van der Waals surface area contributed by atoms with E-state index in [-0.39, 0.29) is 53.2 Å². The Balaban J connectivity index is 1.17. The Morgan fingerprint density at radius 1 is 1.09 bits per heavy atom. The number of ether oxygens (including phenoxy) is 2. The molecule has 3 aliphatic heterocycles. The molecule has 2 N–H and O–H groups in total. The highest BCUT2D eigenvalue weighted by Crippen LogP contribution is 2.54. The van der Waals surface area contributed by atoms with Gasteiger partial charge in [-0.3, -0.25) is 9.89 Å². The number of aliphatic hydroxyl groups excluding tert-OH is 1. The van der Waals surface area contributed by atoms with E-state index in [9.17, 15) is 27.5 Å². The van der Waals surface area contributed by atoms with Crippen molar-refractivity contribution in [1.82, 2.24) is 30.0 Å². The van der Waals surface area contributed by atoms with Crippen LogP contribution in [-0.4, -0.2) is 112 Å². The van der Waals surface area contributed by atoms with E-state index in [1.165, 1.54) is 4.90 Å². The monoisotopic (exact) mass is 749 g/mol. The number of halogens is 4. The third-order valence-electron chi connectivity index (χ3n) is 12.3. The number of amides is 1. The number of hydrogen-bond donors (Lipinski definition) is 2. The number of rotatable bonds is 10. The van der Waals surface area contributed by atoms with Crippen molar-refractivity contribution in [3.8, 4) is 22.9 Å². The van der Waals surface area contributed by atoms with Crippen molar-refractivity contribution < 1.29 is 36.9 Å². The fourth-order valence-corrected chi connectivity index (χ4v) is 9.41. The topological polar surface area (TPSA) is 120 Å². The van der Waals surface area contributed by atoms with Gasteiger partial charge in [-0.15, -0.1) is 0 Å². The number of nitrogens with one attached hydrogen (secondary N) is 1. The summed E-state index contributed by atoms with van der Waals surface area (Å²) >= 11 is 0. The van der Waals surface area contributed by atoms with E-state index in [1.54, 1.807) is 6.20 Å². The third-order valence-corrected chi connectivity index (χ3v) is 12.3. The van der Waals surface area contributed by atoms with Crippen LogP contribution in [0, 0.1) is 24.2 Å². The van der Waals surface area contributed by atoms with Crippen LogP contribution in [0.1, 0.15) is 49.1 Å². The Labute approximate surface area is 309 Å². The minimum atomic E-state index is -4.61. The van der Waals surface area contributed by atoms with Gasteiger partial charge in [-0.2, -0.15) is 28.2 Å². The molecule has 2 bridgehead atoms. The summed E-state index contributed by atoms with van der Waals surface area (Å²) in [6.45, 7) is 7.85. The number of aromatic nitrogens is 4. The van der Waals surface area contributed by atoms with E-state index < -0.39 is 24.5 Å². The first-order valence-corrected chi connectivity index (χ1v) is 18.8. The fraction of sp³-hybridized carbons (Fsp3) is 0.538. The number of fused-ring (bicyclic) bond motifs is 4. The van der Waals surface area contributed by atoms with Gasteiger partial charge in [-0.25, -0.2) is 4.39 Å². The number of piperidine rings is 3. The molecule has 2 atom stereocenters. The molecule has 9 rings (SSSR count). The number of anilines is 1. The number of likely N-dealkylation sites (tertiary alicyclic amines) is 2. The molecule has 5 fully saturated rings. The largest absolute Gasteiger partial charge is 0.481 e. The molecular formula is C39H43F4N7O4. The second-order valence-corrected chi connectivity index (χ2v) is 16.0. The smallest absolute Gasteiger partial charge is 0.422 e. The highest BCUT2D eigenvalue weighted by molar-refractivity contribution is 6.06. The number of nitrogens with zero attached hydrogens (tertiary/aromatic N) is 6. The molecule has 286 valence electrons. The molecule has 0 radical (unpaired) electrons. The van der Waals surface area contributed by atoms with Crippen molar-refractivity contribution >= 4 is 33.5 Å². The number of aryl methyl sites for hydroxylation is 1. The number of carbonyl (C=O) groups excluding carboxylic acids is 1. The van der Waals surface area contributed by atoms with E-state index >= 15 is 0 Å². The summed E-state index contributed by atoms with van der Waals surface area (Å²) in [7, 11) is 0. The van der Waals surface area contributed by atoms with Crippen molar-refractivity contribution in [3.05, 3.63) is 47.9 Å². The van der Waals surface area contributed by atoms with E-state index in [0.29, 0.717) is 49.5 Å². The molecule has 1 amide bonds. The van der Waals surface area contributed by atoms with Gasteiger partial charge in [0.15, 0.2) is 18.2 Å². The first-order valence-electron chi connectivity index (χ1n) is 18.8. The molecule has 4 aromatic rings. The Kier molecular flexibility index (Phi) is 8.52. The van der Waals surface area contributed by atoms with Crippen molar-refractivity contribution in [3.63, 3.8) is 0 Å². The van der Waals surface area contributed by atoms with Crippen LogP contribution in [0.25, 0.3) is 32.9 Å². The molecule has 15 heteroatoms. The molecule has 5 aliphatic rings. The third kappa shape index (κ3) is 6.22. The lowest BCUT2D eigenvalue weighted by Gasteiger charge is -2.54. The summed E-state index contributed by atoms with van der Waals surface area (Å²) < 4.78 is 68.4. The molecule has 2 unspecified atom stereocenters. The van der Waals surface area contributed by atoms with Gasteiger partial charge in [0.1, 0.15) is 17.4 Å². The van der Waals surface area contributed by atoms with E-state index in [1.807, 2.05) is 25.1 Å². The minimum Gasteiger partial charge on any atom is -0.481 e. The molecule has 5 heterocycles. The van der Waals surface area contributed by atoms with Crippen LogP contribution in [0.2, 0.25) is 0 Å². The predicted octanol–water partition coefficient (Wildman–Crippen LogP) is 5.90. The Morgan fingerprint density at radius 3 is 2.50 bits per heavy atom. The average molecular weight is 750 g/mol. The zero-order valence-corrected chi connectivity index (χ0v) is 30.1.